The second kappa shape index (κ2) is 6.70. The van der Waals surface area contributed by atoms with E-state index in [1.807, 2.05) is 25.1 Å². The molecule has 19 heavy (non-hydrogen) atoms. The van der Waals surface area contributed by atoms with Crippen LogP contribution in [0.15, 0.2) is 22.7 Å². The Kier molecular flexibility index (Phi) is 5.54. The van der Waals surface area contributed by atoms with Gasteiger partial charge in [0.15, 0.2) is 0 Å². The fourth-order valence-electron chi connectivity index (χ4n) is 1.86. The van der Waals surface area contributed by atoms with Crippen molar-refractivity contribution in [1.82, 2.24) is 4.90 Å². The molecule has 0 saturated carbocycles. The predicted molar refractivity (Wildman–Crippen MR) is 76.8 cm³/mol. The summed E-state index contributed by atoms with van der Waals surface area (Å²) in [6, 6.07) is 5.85. The van der Waals surface area contributed by atoms with Crippen molar-refractivity contribution in [2.45, 2.75) is 26.8 Å². The number of nitrogens with zero attached hydrogens (tertiary/aromatic N) is 1. The Morgan fingerprint density at radius 1 is 1.42 bits per heavy atom. The Balaban J connectivity index is 2.84. The summed E-state index contributed by atoms with van der Waals surface area (Å²) in [5.74, 6) is -2.38. The number of hydrogen-bond acceptors (Lipinski definition) is 2. The van der Waals surface area contributed by atoms with E-state index >= 15 is 0 Å². The van der Waals surface area contributed by atoms with Gasteiger partial charge in [0.25, 0.3) is 0 Å². The summed E-state index contributed by atoms with van der Waals surface area (Å²) < 4.78 is 0.944. The molecule has 0 fully saturated rings. The fourth-order valence-corrected chi connectivity index (χ4v) is 2.27. The van der Waals surface area contributed by atoms with Gasteiger partial charge in [0, 0.05) is 18.1 Å². The first-order chi connectivity index (χ1) is 8.86. The van der Waals surface area contributed by atoms with Gasteiger partial charge in [-0.05, 0) is 36.6 Å². The number of carbonyl (C=O) groups excluding carboxylic acids is 1. The molecule has 1 N–H and O–H groups in total. The van der Waals surface area contributed by atoms with Crippen LogP contribution in [-0.2, 0) is 16.1 Å². The van der Waals surface area contributed by atoms with E-state index in [2.05, 4.69) is 15.9 Å². The molecule has 0 radical (unpaired) electrons. The molecule has 1 aromatic carbocycles. The third-order valence-electron chi connectivity index (χ3n) is 3.10. The van der Waals surface area contributed by atoms with Crippen LogP contribution in [0.25, 0.3) is 0 Å². The molecule has 1 aromatic rings. The highest BCUT2D eigenvalue weighted by atomic mass is 79.9. The minimum absolute atomic E-state index is 0.302. The lowest BCUT2D eigenvalue weighted by atomic mass is 10.0. The molecule has 5 heteroatoms. The predicted octanol–water partition coefficient (Wildman–Crippen LogP) is 2.83. The molecule has 0 aliphatic rings. The Morgan fingerprint density at radius 3 is 2.58 bits per heavy atom. The topological polar surface area (TPSA) is 57.6 Å². The largest absolute Gasteiger partial charge is 0.481 e. The Labute approximate surface area is 121 Å². The molecule has 0 aliphatic heterocycles. The Morgan fingerprint density at radius 2 is 2.05 bits per heavy atom. The summed E-state index contributed by atoms with van der Waals surface area (Å²) in [6.45, 7) is 4.08. The van der Waals surface area contributed by atoms with Crippen molar-refractivity contribution in [3.63, 3.8) is 0 Å². The van der Waals surface area contributed by atoms with Gasteiger partial charge in [0.2, 0.25) is 5.91 Å². The smallest absolute Gasteiger partial charge is 0.316 e. The minimum atomic E-state index is -1.06. The maximum atomic E-state index is 12.0. The van der Waals surface area contributed by atoms with Crippen molar-refractivity contribution in [2.24, 2.45) is 5.92 Å². The van der Waals surface area contributed by atoms with Crippen molar-refractivity contribution in [2.75, 3.05) is 7.05 Å². The van der Waals surface area contributed by atoms with E-state index in [0.29, 0.717) is 13.0 Å². The van der Waals surface area contributed by atoms with Gasteiger partial charge in [0.05, 0.1) is 0 Å². The number of aliphatic carboxylic acids is 1. The van der Waals surface area contributed by atoms with Crippen molar-refractivity contribution in [3.8, 4) is 0 Å². The summed E-state index contributed by atoms with van der Waals surface area (Å²) >= 11 is 3.39. The lowest BCUT2D eigenvalue weighted by molar-refractivity contribution is -0.150. The highest BCUT2D eigenvalue weighted by Crippen LogP contribution is 2.18. The summed E-state index contributed by atoms with van der Waals surface area (Å²) in [4.78, 5) is 24.5. The van der Waals surface area contributed by atoms with Crippen molar-refractivity contribution in [1.29, 1.82) is 0 Å². The number of aryl methyl sites for hydroxylation is 1. The lowest BCUT2D eigenvalue weighted by Gasteiger charge is -2.21. The van der Waals surface area contributed by atoms with Gasteiger partial charge >= 0.3 is 5.97 Å². The van der Waals surface area contributed by atoms with Crippen LogP contribution in [0.4, 0.5) is 0 Å². The number of benzene rings is 1. The highest BCUT2D eigenvalue weighted by Gasteiger charge is 2.27. The average molecular weight is 328 g/mol. The third-order valence-corrected chi connectivity index (χ3v) is 3.59. The van der Waals surface area contributed by atoms with E-state index in [4.69, 9.17) is 5.11 Å². The van der Waals surface area contributed by atoms with E-state index in [1.54, 1.807) is 14.0 Å². The van der Waals surface area contributed by atoms with E-state index in [9.17, 15) is 9.59 Å². The van der Waals surface area contributed by atoms with Crippen LogP contribution in [0.3, 0.4) is 0 Å². The summed E-state index contributed by atoms with van der Waals surface area (Å²) in [7, 11) is 1.63. The summed E-state index contributed by atoms with van der Waals surface area (Å²) in [5, 5.41) is 9.00. The number of halogens is 1. The average Bonchev–Trinajstić information content (AvgIpc) is 2.34. The van der Waals surface area contributed by atoms with Gasteiger partial charge in [-0.2, -0.15) is 0 Å². The third kappa shape index (κ3) is 4.06. The molecule has 4 nitrogen and oxygen atoms in total. The van der Waals surface area contributed by atoms with Crippen LogP contribution in [0.2, 0.25) is 0 Å². The number of hydrogen-bond donors (Lipinski definition) is 1. The molecule has 0 spiro atoms. The normalized spacial score (nSPS) is 12.0. The maximum absolute atomic E-state index is 12.0. The molecule has 104 valence electrons. The number of amides is 1. The number of carboxylic acids is 1. The number of rotatable bonds is 5. The summed E-state index contributed by atoms with van der Waals surface area (Å²) in [6.07, 6.45) is 0.302. The number of carbonyl (C=O) groups is 2. The zero-order valence-electron chi connectivity index (χ0n) is 11.3. The second-order valence-corrected chi connectivity index (χ2v) is 5.48. The van der Waals surface area contributed by atoms with Crippen LogP contribution in [-0.4, -0.2) is 28.9 Å². The first kappa shape index (κ1) is 15.7. The molecular weight excluding hydrogens is 310 g/mol. The van der Waals surface area contributed by atoms with Gasteiger partial charge in [-0.15, -0.1) is 0 Å². The monoisotopic (exact) mass is 327 g/mol. The Hall–Kier alpha value is -1.36. The molecule has 1 atom stereocenters. The molecule has 1 amide bonds. The molecule has 0 aromatic heterocycles. The minimum Gasteiger partial charge on any atom is -0.481 e. The fraction of sp³-hybridized carbons (Fsp3) is 0.429. The molecular formula is C14H18BrNO3. The lowest BCUT2D eigenvalue weighted by Crippen LogP contribution is -2.36. The molecule has 1 unspecified atom stereocenters. The van der Waals surface area contributed by atoms with Crippen molar-refractivity contribution in [3.05, 3.63) is 33.8 Å². The zero-order valence-corrected chi connectivity index (χ0v) is 12.9. The van der Waals surface area contributed by atoms with Gasteiger partial charge in [-0.1, -0.05) is 28.9 Å². The van der Waals surface area contributed by atoms with Crippen molar-refractivity contribution >= 4 is 27.8 Å². The van der Waals surface area contributed by atoms with Crippen molar-refractivity contribution < 1.29 is 14.7 Å². The first-order valence-corrected chi connectivity index (χ1v) is 6.89. The molecule has 0 bridgehead atoms. The molecule has 0 saturated heterocycles. The maximum Gasteiger partial charge on any atom is 0.316 e. The van der Waals surface area contributed by atoms with Crippen LogP contribution in [0.1, 0.15) is 24.5 Å². The van der Waals surface area contributed by atoms with Crippen LogP contribution >= 0.6 is 15.9 Å². The highest BCUT2D eigenvalue weighted by molar-refractivity contribution is 9.10. The second-order valence-electron chi connectivity index (χ2n) is 4.56. The zero-order chi connectivity index (χ0) is 14.6. The van der Waals surface area contributed by atoms with E-state index in [0.717, 1.165) is 15.6 Å². The molecule has 0 heterocycles. The summed E-state index contributed by atoms with van der Waals surface area (Å²) in [5.41, 5.74) is 2.08. The van der Waals surface area contributed by atoms with Gasteiger partial charge in [-0.25, -0.2) is 0 Å². The van der Waals surface area contributed by atoms with Crippen LogP contribution < -0.4 is 0 Å². The van der Waals surface area contributed by atoms with Crippen LogP contribution in [0, 0.1) is 12.8 Å². The van der Waals surface area contributed by atoms with Gasteiger partial charge in [-0.3, -0.25) is 9.59 Å². The molecule has 1 rings (SSSR count). The van der Waals surface area contributed by atoms with Crippen LogP contribution in [0.5, 0.6) is 0 Å². The Bertz CT molecular complexity index is 488. The van der Waals surface area contributed by atoms with E-state index in [-0.39, 0.29) is 5.91 Å². The van der Waals surface area contributed by atoms with E-state index < -0.39 is 11.9 Å². The van der Waals surface area contributed by atoms with Gasteiger partial charge < -0.3 is 10.0 Å². The van der Waals surface area contributed by atoms with Gasteiger partial charge in [0.1, 0.15) is 5.92 Å². The SMILES string of the molecule is CCC(C(=O)O)C(=O)N(C)Cc1cc(Br)ccc1C. The van der Waals surface area contributed by atoms with E-state index in [1.165, 1.54) is 4.90 Å². The standard InChI is InChI=1S/C14H18BrNO3/c1-4-12(14(18)19)13(17)16(3)8-10-7-11(15)6-5-9(10)2/h5-7,12H,4,8H2,1-3H3,(H,18,19). The molecule has 0 aliphatic carbocycles. The first-order valence-electron chi connectivity index (χ1n) is 6.09. The quantitative estimate of drug-likeness (QED) is 0.846. The number of carboxylic acid groups (broad SMARTS) is 1.